The summed E-state index contributed by atoms with van der Waals surface area (Å²) in [6.45, 7) is 1.90. The van der Waals surface area contributed by atoms with E-state index in [1.807, 2.05) is 0 Å². The van der Waals surface area contributed by atoms with Crippen LogP contribution in [0, 0.1) is 5.92 Å². The van der Waals surface area contributed by atoms with E-state index in [2.05, 4.69) is 40.2 Å². The summed E-state index contributed by atoms with van der Waals surface area (Å²) in [6, 6.07) is 8.94. The Balaban J connectivity index is 1.91. The molecule has 1 aliphatic heterocycles. The van der Waals surface area contributed by atoms with Gasteiger partial charge in [-0.2, -0.15) is 0 Å². The SMILES string of the molecule is BrCc1ccc(CC2CCOCC2)cc1. The van der Waals surface area contributed by atoms with Crippen LogP contribution in [-0.2, 0) is 16.5 Å². The molecule has 82 valence electrons. The molecule has 0 radical (unpaired) electrons. The molecule has 1 nitrogen and oxygen atoms in total. The average Bonchev–Trinajstić information content (AvgIpc) is 2.31. The molecule has 0 spiro atoms. The minimum Gasteiger partial charge on any atom is -0.381 e. The number of hydrogen-bond donors (Lipinski definition) is 0. The molecule has 0 N–H and O–H groups in total. The van der Waals surface area contributed by atoms with Crippen molar-refractivity contribution < 1.29 is 4.74 Å². The second-order valence-electron chi connectivity index (χ2n) is 4.21. The van der Waals surface area contributed by atoms with Crippen LogP contribution in [0.25, 0.3) is 0 Å². The smallest absolute Gasteiger partial charge is 0.0468 e. The van der Waals surface area contributed by atoms with Gasteiger partial charge in [0.15, 0.2) is 0 Å². The van der Waals surface area contributed by atoms with E-state index >= 15 is 0 Å². The van der Waals surface area contributed by atoms with E-state index in [0.717, 1.165) is 24.5 Å². The zero-order chi connectivity index (χ0) is 10.5. The minimum absolute atomic E-state index is 0.827. The Labute approximate surface area is 100.0 Å². The molecule has 0 bridgehead atoms. The summed E-state index contributed by atoms with van der Waals surface area (Å²) in [7, 11) is 0. The van der Waals surface area contributed by atoms with E-state index in [9.17, 15) is 0 Å². The van der Waals surface area contributed by atoms with E-state index in [-0.39, 0.29) is 0 Å². The first-order chi connectivity index (χ1) is 7.38. The Morgan fingerprint density at radius 2 is 1.67 bits per heavy atom. The van der Waals surface area contributed by atoms with Crippen LogP contribution >= 0.6 is 15.9 Å². The highest BCUT2D eigenvalue weighted by Gasteiger charge is 2.13. The summed E-state index contributed by atoms with van der Waals surface area (Å²) in [6.07, 6.45) is 3.66. The van der Waals surface area contributed by atoms with Gasteiger partial charge in [-0.15, -0.1) is 0 Å². The molecule has 1 fully saturated rings. The fraction of sp³-hybridized carbons (Fsp3) is 0.538. The van der Waals surface area contributed by atoms with Crippen LogP contribution in [0.15, 0.2) is 24.3 Å². The lowest BCUT2D eigenvalue weighted by Gasteiger charge is -2.21. The Kier molecular flexibility index (Phi) is 4.21. The fourth-order valence-corrected chi connectivity index (χ4v) is 2.42. The first-order valence-electron chi connectivity index (χ1n) is 5.60. The molecule has 15 heavy (non-hydrogen) atoms. The predicted octanol–water partition coefficient (Wildman–Crippen LogP) is 3.55. The molecule has 0 aromatic heterocycles. The summed E-state index contributed by atoms with van der Waals surface area (Å²) in [5.74, 6) is 0.827. The van der Waals surface area contributed by atoms with Crippen molar-refractivity contribution in [2.24, 2.45) is 5.92 Å². The molecule has 1 saturated heterocycles. The second kappa shape index (κ2) is 5.66. The Morgan fingerprint density at radius 3 is 2.27 bits per heavy atom. The standard InChI is InChI=1S/C13H17BrO/c14-10-13-3-1-11(2-4-13)9-12-5-7-15-8-6-12/h1-4,12H,5-10H2. The van der Waals surface area contributed by atoms with Gasteiger partial charge in [-0.05, 0) is 36.3 Å². The average molecular weight is 269 g/mol. The van der Waals surface area contributed by atoms with E-state index in [1.165, 1.54) is 30.4 Å². The van der Waals surface area contributed by atoms with Crippen LogP contribution in [0.4, 0.5) is 0 Å². The molecule has 1 aromatic carbocycles. The van der Waals surface area contributed by atoms with Crippen molar-refractivity contribution in [2.75, 3.05) is 13.2 Å². The maximum absolute atomic E-state index is 5.37. The van der Waals surface area contributed by atoms with Gasteiger partial charge in [-0.25, -0.2) is 0 Å². The predicted molar refractivity (Wildman–Crippen MR) is 66.3 cm³/mol. The van der Waals surface area contributed by atoms with E-state index < -0.39 is 0 Å². The highest BCUT2D eigenvalue weighted by atomic mass is 79.9. The van der Waals surface area contributed by atoms with E-state index in [0.29, 0.717) is 0 Å². The van der Waals surface area contributed by atoms with Gasteiger partial charge < -0.3 is 4.74 Å². The van der Waals surface area contributed by atoms with Crippen LogP contribution < -0.4 is 0 Å². The van der Waals surface area contributed by atoms with Gasteiger partial charge in [0.05, 0.1) is 0 Å². The summed E-state index contributed by atoms with van der Waals surface area (Å²) >= 11 is 3.46. The third-order valence-corrected chi connectivity index (χ3v) is 3.69. The lowest BCUT2D eigenvalue weighted by Crippen LogP contribution is -2.17. The van der Waals surface area contributed by atoms with Crippen molar-refractivity contribution >= 4 is 15.9 Å². The molecule has 2 rings (SSSR count). The molecule has 0 saturated carbocycles. The van der Waals surface area contributed by atoms with Gasteiger partial charge in [0.25, 0.3) is 0 Å². The first-order valence-corrected chi connectivity index (χ1v) is 6.72. The van der Waals surface area contributed by atoms with Crippen LogP contribution in [0.2, 0.25) is 0 Å². The van der Waals surface area contributed by atoms with Crippen molar-refractivity contribution in [3.05, 3.63) is 35.4 Å². The largest absolute Gasteiger partial charge is 0.381 e. The lowest BCUT2D eigenvalue weighted by atomic mass is 9.92. The number of benzene rings is 1. The third kappa shape index (κ3) is 3.32. The van der Waals surface area contributed by atoms with Gasteiger partial charge >= 0.3 is 0 Å². The van der Waals surface area contributed by atoms with Crippen molar-refractivity contribution in [3.63, 3.8) is 0 Å². The van der Waals surface area contributed by atoms with Gasteiger partial charge in [0.2, 0.25) is 0 Å². The zero-order valence-electron chi connectivity index (χ0n) is 8.92. The van der Waals surface area contributed by atoms with Gasteiger partial charge in [-0.1, -0.05) is 40.2 Å². The molecule has 2 heteroatoms. The molecule has 0 amide bonds. The molecule has 0 unspecified atom stereocenters. The van der Waals surface area contributed by atoms with Gasteiger partial charge in [0, 0.05) is 18.5 Å². The molecule has 0 atom stereocenters. The number of hydrogen-bond acceptors (Lipinski definition) is 1. The molecule has 0 aliphatic carbocycles. The van der Waals surface area contributed by atoms with Crippen molar-refractivity contribution in [2.45, 2.75) is 24.6 Å². The first kappa shape index (κ1) is 11.2. The van der Waals surface area contributed by atoms with Gasteiger partial charge in [-0.3, -0.25) is 0 Å². The number of halogens is 1. The molecule has 1 aromatic rings. The monoisotopic (exact) mass is 268 g/mol. The molecule has 1 aliphatic rings. The Bertz CT molecular complexity index is 288. The zero-order valence-corrected chi connectivity index (χ0v) is 10.5. The second-order valence-corrected chi connectivity index (χ2v) is 4.77. The topological polar surface area (TPSA) is 9.23 Å². The summed E-state index contributed by atoms with van der Waals surface area (Å²) < 4.78 is 5.37. The van der Waals surface area contributed by atoms with Crippen LogP contribution in [0.3, 0.4) is 0 Å². The van der Waals surface area contributed by atoms with Crippen LogP contribution in [-0.4, -0.2) is 13.2 Å². The Morgan fingerprint density at radius 1 is 1.07 bits per heavy atom. The number of ether oxygens (including phenoxy) is 1. The number of rotatable bonds is 3. The lowest BCUT2D eigenvalue weighted by molar-refractivity contribution is 0.0665. The quantitative estimate of drug-likeness (QED) is 0.762. The van der Waals surface area contributed by atoms with E-state index in [4.69, 9.17) is 4.74 Å². The molecular weight excluding hydrogens is 252 g/mol. The van der Waals surface area contributed by atoms with Crippen LogP contribution in [0.5, 0.6) is 0 Å². The summed E-state index contributed by atoms with van der Waals surface area (Å²) in [5.41, 5.74) is 2.82. The third-order valence-electron chi connectivity index (χ3n) is 3.04. The molecular formula is C13H17BrO. The van der Waals surface area contributed by atoms with E-state index in [1.54, 1.807) is 0 Å². The van der Waals surface area contributed by atoms with Gasteiger partial charge in [0.1, 0.15) is 0 Å². The highest BCUT2D eigenvalue weighted by molar-refractivity contribution is 9.08. The van der Waals surface area contributed by atoms with Crippen LogP contribution in [0.1, 0.15) is 24.0 Å². The maximum Gasteiger partial charge on any atom is 0.0468 e. The summed E-state index contributed by atoms with van der Waals surface area (Å²) in [5, 5.41) is 0.949. The Hall–Kier alpha value is -0.340. The minimum atomic E-state index is 0.827. The summed E-state index contributed by atoms with van der Waals surface area (Å²) in [4.78, 5) is 0. The number of alkyl halides is 1. The van der Waals surface area contributed by atoms with Crippen molar-refractivity contribution in [1.29, 1.82) is 0 Å². The highest BCUT2D eigenvalue weighted by Crippen LogP contribution is 2.20. The maximum atomic E-state index is 5.37. The van der Waals surface area contributed by atoms with Crippen molar-refractivity contribution in [3.8, 4) is 0 Å². The fourth-order valence-electron chi connectivity index (χ4n) is 2.05. The molecule has 1 heterocycles. The van der Waals surface area contributed by atoms with Crippen molar-refractivity contribution in [1.82, 2.24) is 0 Å². The normalized spacial score (nSPS) is 17.9.